The number of fused-ring (bicyclic) bond motifs is 1. The maximum absolute atomic E-state index is 12.7. The fourth-order valence-electron chi connectivity index (χ4n) is 4.81. The molecule has 0 bridgehead atoms. The molecule has 4 N–H and O–H groups in total. The lowest BCUT2D eigenvalue weighted by Crippen LogP contribution is -2.67. The number of hydrogen-bond donors (Lipinski definition) is 2. The van der Waals surface area contributed by atoms with Crippen molar-refractivity contribution in [2.24, 2.45) is 5.92 Å². The number of aryl methyl sites for hydroxylation is 2. The molecule has 16 nitrogen and oxygen atoms in total. The van der Waals surface area contributed by atoms with E-state index in [2.05, 4.69) is 51.4 Å². The van der Waals surface area contributed by atoms with E-state index in [1.165, 1.54) is 17.2 Å². The summed E-state index contributed by atoms with van der Waals surface area (Å²) < 4.78 is 38.1. The van der Waals surface area contributed by atoms with Crippen molar-refractivity contribution < 1.29 is 33.7 Å². The van der Waals surface area contributed by atoms with Crippen LogP contribution in [0.15, 0.2) is 22.2 Å². The van der Waals surface area contributed by atoms with E-state index in [1.54, 1.807) is 18.4 Å². The highest BCUT2D eigenvalue weighted by molar-refractivity contribution is 7.45. The van der Waals surface area contributed by atoms with Crippen molar-refractivity contribution in [3.05, 3.63) is 45.1 Å². The summed E-state index contributed by atoms with van der Waals surface area (Å²) in [5, 5.41) is 0. The first-order valence-corrected chi connectivity index (χ1v) is 15.7. The standard InChI is InChI=1S/C22H30N7O8P.C4H11N/c1-5-14-15(7-18(35-14)29-9-23-12(3)27-22(29)31)37-38(32,33)34-8-16-11(2)6-17(36-16)28-10-24-19-20(28)25-13(4)26-21(19)30;1-4(2,3)5/h9-11,14-18H,5-8H2,1-4H3,(H,32,33)(H,25,26,30);5H2,1-3H3/t11-,14-,15-,16-,17-,18-;/m1./s1. The molecule has 43 heavy (non-hydrogen) atoms. The minimum Gasteiger partial charge on any atom is -0.756 e. The summed E-state index contributed by atoms with van der Waals surface area (Å²) in [6, 6.07) is 0. The van der Waals surface area contributed by atoms with Crippen molar-refractivity contribution >= 4 is 19.0 Å². The van der Waals surface area contributed by atoms with Crippen molar-refractivity contribution in [3.8, 4) is 0 Å². The first-order chi connectivity index (χ1) is 20.0. The molecule has 17 heteroatoms. The Labute approximate surface area is 248 Å². The molecule has 0 radical (unpaired) electrons. The molecule has 2 saturated heterocycles. The highest BCUT2D eigenvalue weighted by atomic mass is 31.2. The number of H-pyrrole nitrogens is 1. The summed E-state index contributed by atoms with van der Waals surface area (Å²) in [5.41, 5.74) is 3.73. The van der Waals surface area contributed by atoms with Gasteiger partial charge in [-0.2, -0.15) is 4.98 Å². The molecule has 3 aromatic heterocycles. The summed E-state index contributed by atoms with van der Waals surface area (Å²) in [4.78, 5) is 56.0. The van der Waals surface area contributed by atoms with Crippen LogP contribution in [-0.4, -0.2) is 64.5 Å². The zero-order valence-corrected chi connectivity index (χ0v) is 26.4. The van der Waals surface area contributed by atoms with Crippen molar-refractivity contribution in [3.63, 3.8) is 0 Å². The zero-order valence-electron chi connectivity index (χ0n) is 25.6. The fraction of sp³-hybridized carbons (Fsp3) is 0.692. The second kappa shape index (κ2) is 13.0. The molecule has 3 aromatic rings. The van der Waals surface area contributed by atoms with E-state index in [-0.39, 0.29) is 35.6 Å². The van der Waals surface area contributed by atoms with Crippen LogP contribution in [-0.2, 0) is 23.1 Å². The van der Waals surface area contributed by atoms with Crippen LogP contribution in [0.2, 0.25) is 0 Å². The molecule has 2 aliphatic heterocycles. The largest absolute Gasteiger partial charge is 0.756 e. The molecule has 238 valence electrons. The molecular formula is C26H41N8O8P. The molecule has 2 aliphatic rings. The lowest BCUT2D eigenvalue weighted by atomic mass is 10.0. The average Bonchev–Trinajstić information content (AvgIpc) is 3.58. The number of aromatic nitrogens is 7. The number of imidazole rings is 1. The summed E-state index contributed by atoms with van der Waals surface area (Å²) in [7, 11) is -4.75. The van der Waals surface area contributed by atoms with Crippen molar-refractivity contribution in [1.82, 2.24) is 34.1 Å². The van der Waals surface area contributed by atoms with Crippen LogP contribution in [0, 0.1) is 19.8 Å². The Kier molecular flexibility index (Phi) is 10.0. The summed E-state index contributed by atoms with van der Waals surface area (Å²) in [6.45, 7) is 13.0. The van der Waals surface area contributed by atoms with Crippen LogP contribution in [0.3, 0.4) is 0 Å². The zero-order chi connectivity index (χ0) is 31.7. The van der Waals surface area contributed by atoms with Gasteiger partial charge in [0.25, 0.3) is 13.4 Å². The third kappa shape index (κ3) is 8.41. The maximum Gasteiger partial charge on any atom is 0.352 e. The first kappa shape index (κ1) is 33.1. The molecule has 0 aliphatic carbocycles. The molecule has 7 atom stereocenters. The van der Waals surface area contributed by atoms with Gasteiger partial charge in [-0.25, -0.2) is 19.7 Å². The number of quaternary nitrogens is 1. The van der Waals surface area contributed by atoms with Gasteiger partial charge in [0.2, 0.25) is 0 Å². The predicted molar refractivity (Wildman–Crippen MR) is 151 cm³/mol. The van der Waals surface area contributed by atoms with Crippen LogP contribution in [0.4, 0.5) is 0 Å². The molecule has 0 amide bonds. The normalized spacial score (nSPS) is 27.2. The highest BCUT2D eigenvalue weighted by Gasteiger charge is 2.40. The van der Waals surface area contributed by atoms with E-state index in [4.69, 9.17) is 18.5 Å². The molecular weight excluding hydrogens is 583 g/mol. The molecule has 0 spiro atoms. The Morgan fingerprint density at radius 1 is 1.09 bits per heavy atom. The second-order valence-corrected chi connectivity index (χ2v) is 13.5. The van der Waals surface area contributed by atoms with Crippen LogP contribution in [0.5, 0.6) is 0 Å². The Hall–Kier alpha value is -2.85. The van der Waals surface area contributed by atoms with Crippen LogP contribution >= 0.6 is 7.82 Å². The number of phosphoric acid groups is 1. The third-order valence-electron chi connectivity index (χ3n) is 6.80. The average molecular weight is 625 g/mol. The Morgan fingerprint density at radius 3 is 2.37 bits per heavy atom. The lowest BCUT2D eigenvalue weighted by Gasteiger charge is -2.29. The van der Waals surface area contributed by atoms with Gasteiger partial charge in [-0.1, -0.05) is 13.8 Å². The van der Waals surface area contributed by atoms with Crippen molar-refractivity contribution in [2.75, 3.05) is 6.61 Å². The smallest absolute Gasteiger partial charge is 0.352 e. The Morgan fingerprint density at radius 2 is 1.72 bits per heavy atom. The van der Waals surface area contributed by atoms with Crippen LogP contribution in [0.1, 0.15) is 78.0 Å². The van der Waals surface area contributed by atoms with Gasteiger partial charge in [0, 0.05) is 6.42 Å². The number of nitrogens with one attached hydrogen (secondary N) is 1. The topological polar surface area (TPSA) is 216 Å². The van der Waals surface area contributed by atoms with Gasteiger partial charge in [0.05, 0.1) is 36.8 Å². The Bertz CT molecular complexity index is 1580. The Balaban J connectivity index is 0.000000782. The van der Waals surface area contributed by atoms with Gasteiger partial charge in [0.15, 0.2) is 11.2 Å². The maximum atomic E-state index is 12.7. The van der Waals surface area contributed by atoms with E-state index in [1.807, 2.05) is 13.8 Å². The molecule has 0 aromatic carbocycles. The minimum absolute atomic E-state index is 0.0588. The summed E-state index contributed by atoms with van der Waals surface area (Å²) in [5.74, 6) is 0.716. The van der Waals surface area contributed by atoms with E-state index < -0.39 is 44.3 Å². The number of phosphoric ester groups is 1. The first-order valence-electron chi connectivity index (χ1n) is 14.2. The van der Waals surface area contributed by atoms with E-state index in [9.17, 15) is 19.0 Å². The summed E-state index contributed by atoms with van der Waals surface area (Å²) in [6.07, 6.45) is 0.702. The van der Waals surface area contributed by atoms with Crippen molar-refractivity contribution in [2.45, 2.75) is 104 Å². The van der Waals surface area contributed by atoms with Crippen LogP contribution < -0.4 is 21.9 Å². The predicted octanol–water partition coefficient (Wildman–Crippen LogP) is 0.906. The monoisotopic (exact) mass is 624 g/mol. The molecule has 1 unspecified atom stereocenters. The van der Waals surface area contributed by atoms with Gasteiger partial charge in [-0.05, 0) is 53.4 Å². The van der Waals surface area contributed by atoms with E-state index in [0.717, 1.165) is 0 Å². The number of rotatable bonds is 8. The molecule has 0 saturated carbocycles. The van der Waals surface area contributed by atoms with Gasteiger partial charge in [-0.15, -0.1) is 0 Å². The summed E-state index contributed by atoms with van der Waals surface area (Å²) >= 11 is 0. The molecule has 2 fully saturated rings. The van der Waals surface area contributed by atoms with Gasteiger partial charge >= 0.3 is 5.69 Å². The number of hydrogen-bond acceptors (Lipinski definition) is 12. The SMILES string of the molecule is CC(C)(C)[NH3+].CC[C@H]1O[C@@H](n2cnc(C)nc2=O)C[C@H]1OP(=O)([O-])OC[C@H]1O[C@@H](n2cnc3c(=O)[nH]c(C)nc32)C[C@H]1C. The van der Waals surface area contributed by atoms with Crippen LogP contribution in [0.25, 0.3) is 11.2 Å². The highest BCUT2D eigenvalue weighted by Crippen LogP contribution is 2.46. The number of ether oxygens (including phenoxy) is 2. The van der Waals surface area contributed by atoms with E-state index >= 15 is 0 Å². The van der Waals surface area contributed by atoms with E-state index in [0.29, 0.717) is 30.1 Å². The third-order valence-corrected chi connectivity index (χ3v) is 7.80. The molecule has 5 heterocycles. The second-order valence-electron chi connectivity index (χ2n) is 12.1. The van der Waals surface area contributed by atoms with Gasteiger partial charge in [0.1, 0.15) is 30.4 Å². The quantitative estimate of drug-likeness (QED) is 0.334. The number of aromatic amines is 1. The number of nitrogens with zero attached hydrogens (tertiary/aromatic N) is 6. The van der Waals surface area contributed by atoms with Gasteiger partial charge in [-0.3, -0.25) is 18.5 Å². The van der Waals surface area contributed by atoms with Crippen molar-refractivity contribution in [1.29, 1.82) is 0 Å². The minimum atomic E-state index is -4.75. The fourth-order valence-corrected chi connectivity index (χ4v) is 5.76. The lowest BCUT2D eigenvalue weighted by molar-refractivity contribution is -0.458. The molecule has 5 rings (SSSR count). The van der Waals surface area contributed by atoms with Gasteiger partial charge < -0.3 is 34.1 Å².